The maximum absolute atomic E-state index is 13.3. The van der Waals surface area contributed by atoms with Crippen LogP contribution in [-0.4, -0.2) is 24.2 Å². The number of thiazole rings is 1. The van der Waals surface area contributed by atoms with Crippen molar-refractivity contribution in [2.24, 2.45) is 5.92 Å². The van der Waals surface area contributed by atoms with Crippen LogP contribution in [0, 0.1) is 5.92 Å². The molecule has 32 heavy (non-hydrogen) atoms. The van der Waals surface area contributed by atoms with Gasteiger partial charge in [0.2, 0.25) is 11.8 Å². The fraction of sp³-hybridized carbons (Fsp3) is 0.320. The second kappa shape index (κ2) is 10.4. The maximum atomic E-state index is 13.3. The van der Waals surface area contributed by atoms with Crippen LogP contribution < -0.4 is 10.1 Å². The van der Waals surface area contributed by atoms with Crippen LogP contribution in [0.25, 0.3) is 11.1 Å². The molecule has 1 aromatic heterocycles. The molecule has 1 unspecified atom stereocenters. The highest BCUT2D eigenvalue weighted by Gasteiger charge is 2.27. The van der Waals surface area contributed by atoms with Crippen LogP contribution in [0.3, 0.4) is 0 Å². The normalized spacial score (nSPS) is 14.7. The third kappa shape index (κ3) is 5.53. The topological polar surface area (TPSA) is 77.5 Å². The van der Waals surface area contributed by atoms with Crippen molar-refractivity contribution in [1.29, 1.82) is 0 Å². The van der Waals surface area contributed by atoms with Gasteiger partial charge in [-0.15, -0.1) is 11.3 Å². The lowest BCUT2D eigenvalue weighted by Gasteiger charge is -2.20. The van der Waals surface area contributed by atoms with E-state index >= 15 is 0 Å². The SMILES string of the molecule is COC(=O)Oc1csc(NC(=O)C(CC2CCCC2)c2ccc(-c3ccccc3)cc2)n1. The van der Waals surface area contributed by atoms with Crippen molar-refractivity contribution in [2.75, 3.05) is 12.4 Å². The zero-order chi connectivity index (χ0) is 22.3. The number of anilines is 1. The number of benzene rings is 2. The molecule has 1 atom stereocenters. The summed E-state index contributed by atoms with van der Waals surface area (Å²) in [5, 5.41) is 4.87. The highest BCUT2D eigenvalue weighted by atomic mass is 32.1. The molecule has 1 N–H and O–H groups in total. The number of carbonyl (C=O) groups is 2. The second-order valence-electron chi connectivity index (χ2n) is 7.96. The summed E-state index contributed by atoms with van der Waals surface area (Å²) in [6.07, 6.45) is 4.76. The Bertz CT molecular complexity index is 1040. The molecule has 0 saturated heterocycles. The first-order valence-corrected chi connectivity index (χ1v) is 11.7. The van der Waals surface area contributed by atoms with Crippen molar-refractivity contribution < 1.29 is 19.1 Å². The van der Waals surface area contributed by atoms with Crippen molar-refractivity contribution in [3.63, 3.8) is 0 Å². The number of nitrogens with one attached hydrogen (secondary N) is 1. The zero-order valence-electron chi connectivity index (χ0n) is 18.0. The summed E-state index contributed by atoms with van der Waals surface area (Å²) in [4.78, 5) is 28.7. The van der Waals surface area contributed by atoms with Crippen LogP contribution in [0.2, 0.25) is 0 Å². The van der Waals surface area contributed by atoms with E-state index in [4.69, 9.17) is 4.74 Å². The van der Waals surface area contributed by atoms with Crippen LogP contribution in [0.1, 0.15) is 43.6 Å². The summed E-state index contributed by atoms with van der Waals surface area (Å²) >= 11 is 1.21. The summed E-state index contributed by atoms with van der Waals surface area (Å²) in [7, 11) is 1.23. The highest BCUT2D eigenvalue weighted by Crippen LogP contribution is 2.36. The van der Waals surface area contributed by atoms with Gasteiger partial charge in [0, 0.05) is 0 Å². The van der Waals surface area contributed by atoms with Gasteiger partial charge in [-0.05, 0) is 29.0 Å². The number of methoxy groups -OCH3 is 1. The minimum atomic E-state index is -0.842. The van der Waals surface area contributed by atoms with Crippen LogP contribution in [0.15, 0.2) is 60.0 Å². The minimum absolute atomic E-state index is 0.0941. The van der Waals surface area contributed by atoms with E-state index in [-0.39, 0.29) is 17.7 Å². The number of nitrogens with zero attached hydrogens (tertiary/aromatic N) is 1. The number of hydrogen-bond acceptors (Lipinski definition) is 6. The molecule has 1 amide bonds. The van der Waals surface area contributed by atoms with Crippen molar-refractivity contribution in [3.05, 3.63) is 65.5 Å². The quantitative estimate of drug-likeness (QED) is 0.430. The summed E-state index contributed by atoms with van der Waals surface area (Å²) in [6.45, 7) is 0. The Morgan fingerprint density at radius 3 is 2.44 bits per heavy atom. The van der Waals surface area contributed by atoms with Gasteiger partial charge in [-0.3, -0.25) is 4.79 Å². The van der Waals surface area contributed by atoms with E-state index in [9.17, 15) is 9.59 Å². The van der Waals surface area contributed by atoms with E-state index in [0.29, 0.717) is 11.0 Å². The van der Waals surface area contributed by atoms with E-state index in [0.717, 1.165) is 23.1 Å². The van der Waals surface area contributed by atoms with Gasteiger partial charge in [-0.25, -0.2) is 4.79 Å². The molecule has 1 saturated carbocycles. The van der Waals surface area contributed by atoms with Crippen LogP contribution in [0.5, 0.6) is 5.88 Å². The Labute approximate surface area is 191 Å². The van der Waals surface area contributed by atoms with E-state index < -0.39 is 6.16 Å². The Hall–Kier alpha value is -3.19. The van der Waals surface area contributed by atoms with E-state index in [1.807, 2.05) is 18.2 Å². The number of ether oxygens (including phenoxy) is 2. The molecule has 1 fully saturated rings. The Morgan fingerprint density at radius 1 is 1.06 bits per heavy atom. The molecule has 2 aromatic carbocycles. The first-order valence-electron chi connectivity index (χ1n) is 10.8. The fourth-order valence-corrected chi connectivity index (χ4v) is 4.81. The summed E-state index contributed by atoms with van der Waals surface area (Å²) < 4.78 is 9.39. The van der Waals surface area contributed by atoms with Gasteiger partial charge >= 0.3 is 6.16 Å². The van der Waals surface area contributed by atoms with Gasteiger partial charge in [0.15, 0.2) is 5.13 Å². The standard InChI is InChI=1S/C25H26N2O4S/c1-30-25(29)31-22-16-32-24(26-22)27-23(28)21(15-17-7-5-6-8-17)20-13-11-19(12-14-20)18-9-3-2-4-10-18/h2-4,9-14,16-17,21H,5-8,15H2,1H3,(H,26,27,28). The van der Waals surface area contributed by atoms with E-state index in [1.165, 1.54) is 44.1 Å². The number of hydrogen-bond donors (Lipinski definition) is 1. The Balaban J connectivity index is 1.51. The Kier molecular flexibility index (Phi) is 7.17. The van der Waals surface area contributed by atoms with E-state index in [2.05, 4.69) is 51.4 Å². The molecule has 0 radical (unpaired) electrons. The lowest BCUT2D eigenvalue weighted by Crippen LogP contribution is -2.23. The van der Waals surface area contributed by atoms with Crippen molar-refractivity contribution in [3.8, 4) is 17.0 Å². The predicted molar refractivity (Wildman–Crippen MR) is 125 cm³/mol. The molecule has 0 aliphatic heterocycles. The average Bonchev–Trinajstić information content (AvgIpc) is 3.50. The zero-order valence-corrected chi connectivity index (χ0v) is 18.8. The van der Waals surface area contributed by atoms with Crippen molar-refractivity contribution in [2.45, 2.75) is 38.0 Å². The highest BCUT2D eigenvalue weighted by molar-refractivity contribution is 7.14. The van der Waals surface area contributed by atoms with Gasteiger partial charge in [-0.1, -0.05) is 80.3 Å². The van der Waals surface area contributed by atoms with Gasteiger partial charge in [0.1, 0.15) is 0 Å². The molecule has 1 aliphatic carbocycles. The van der Waals surface area contributed by atoms with Crippen LogP contribution >= 0.6 is 11.3 Å². The van der Waals surface area contributed by atoms with E-state index in [1.54, 1.807) is 5.38 Å². The van der Waals surface area contributed by atoms with Gasteiger partial charge in [-0.2, -0.15) is 4.98 Å². The number of rotatable bonds is 7. The minimum Gasteiger partial charge on any atom is -0.437 e. The molecule has 0 spiro atoms. The van der Waals surface area contributed by atoms with Crippen molar-refractivity contribution >= 4 is 28.5 Å². The van der Waals surface area contributed by atoms with Crippen LogP contribution in [-0.2, 0) is 9.53 Å². The van der Waals surface area contributed by atoms with Gasteiger partial charge in [0.25, 0.3) is 0 Å². The maximum Gasteiger partial charge on any atom is 0.514 e. The lowest BCUT2D eigenvalue weighted by atomic mass is 9.86. The molecule has 4 rings (SSSR count). The first-order chi connectivity index (χ1) is 15.6. The largest absolute Gasteiger partial charge is 0.514 e. The summed E-state index contributed by atoms with van der Waals surface area (Å²) in [5.74, 6) is 0.297. The third-order valence-electron chi connectivity index (χ3n) is 5.85. The van der Waals surface area contributed by atoms with Crippen LogP contribution in [0.4, 0.5) is 9.93 Å². The second-order valence-corrected chi connectivity index (χ2v) is 8.82. The van der Waals surface area contributed by atoms with Gasteiger partial charge < -0.3 is 14.8 Å². The fourth-order valence-electron chi connectivity index (χ4n) is 4.20. The molecular formula is C25H26N2O4S. The monoisotopic (exact) mass is 450 g/mol. The third-order valence-corrected chi connectivity index (χ3v) is 6.58. The van der Waals surface area contributed by atoms with Crippen molar-refractivity contribution in [1.82, 2.24) is 4.98 Å². The lowest BCUT2D eigenvalue weighted by molar-refractivity contribution is -0.118. The molecule has 1 heterocycles. The van der Waals surface area contributed by atoms with Gasteiger partial charge in [0.05, 0.1) is 18.4 Å². The average molecular weight is 451 g/mol. The molecule has 1 aliphatic rings. The number of carbonyl (C=O) groups excluding carboxylic acids is 2. The molecule has 166 valence electrons. The molecule has 3 aromatic rings. The summed E-state index contributed by atoms with van der Waals surface area (Å²) in [5.41, 5.74) is 3.27. The smallest absolute Gasteiger partial charge is 0.437 e. The summed E-state index contributed by atoms with van der Waals surface area (Å²) in [6, 6.07) is 18.4. The molecule has 6 nitrogen and oxygen atoms in total. The molecular weight excluding hydrogens is 424 g/mol. The molecule has 7 heteroatoms. The molecule has 0 bridgehead atoms. The Morgan fingerprint density at radius 2 is 1.75 bits per heavy atom. The number of aromatic nitrogens is 1. The number of amides is 1. The predicted octanol–water partition coefficient (Wildman–Crippen LogP) is 6.26. The first kappa shape index (κ1) is 22.0.